The number of rotatable bonds is 1. The number of fused-ring (bicyclic) bond motifs is 1. The van der Waals surface area contributed by atoms with Crippen LogP contribution in [0.2, 0.25) is 0 Å². The first-order valence-electron chi connectivity index (χ1n) is 5.90. The fraction of sp³-hybridized carbons (Fsp3) is 0.357. The van der Waals surface area contributed by atoms with E-state index in [0.29, 0.717) is 10.6 Å². The molecule has 0 aliphatic rings. The molecule has 0 fully saturated rings. The number of hydrogen-bond donors (Lipinski definition) is 2. The Bertz CT molecular complexity index is 608. The summed E-state index contributed by atoms with van der Waals surface area (Å²) < 4.78 is 1.09. The Hall–Kier alpha value is -1.55. The van der Waals surface area contributed by atoms with Gasteiger partial charge >= 0.3 is 0 Å². The van der Waals surface area contributed by atoms with E-state index in [4.69, 9.17) is 5.73 Å². The average molecular weight is 262 g/mol. The maximum absolute atomic E-state index is 12.2. The summed E-state index contributed by atoms with van der Waals surface area (Å²) in [6, 6.07) is 5.96. The third-order valence-electron chi connectivity index (χ3n) is 2.65. The summed E-state index contributed by atoms with van der Waals surface area (Å²) in [5.74, 6) is -0.0967. The molecule has 1 amide bonds. The third-order valence-corrected chi connectivity index (χ3v) is 4.00. The molecule has 1 aromatic carbocycles. The second-order valence-corrected chi connectivity index (χ2v) is 6.52. The largest absolute Gasteiger partial charge is 0.397 e. The molecule has 0 saturated heterocycles. The van der Waals surface area contributed by atoms with Gasteiger partial charge in [0.15, 0.2) is 0 Å². The van der Waals surface area contributed by atoms with Crippen molar-refractivity contribution in [1.29, 1.82) is 0 Å². The predicted molar refractivity (Wildman–Crippen MR) is 78.2 cm³/mol. The Morgan fingerprint density at radius 1 is 1.33 bits per heavy atom. The van der Waals surface area contributed by atoms with Gasteiger partial charge in [-0.1, -0.05) is 18.2 Å². The van der Waals surface area contributed by atoms with E-state index in [-0.39, 0.29) is 11.4 Å². The van der Waals surface area contributed by atoms with E-state index in [9.17, 15) is 4.79 Å². The van der Waals surface area contributed by atoms with E-state index in [0.717, 1.165) is 15.6 Å². The summed E-state index contributed by atoms with van der Waals surface area (Å²) in [5.41, 5.74) is 7.56. The Kier molecular flexibility index (Phi) is 3.07. The van der Waals surface area contributed by atoms with Crippen molar-refractivity contribution < 1.29 is 4.79 Å². The van der Waals surface area contributed by atoms with Crippen molar-refractivity contribution >= 4 is 33.0 Å². The lowest BCUT2D eigenvalue weighted by atomic mass is 10.1. The highest BCUT2D eigenvalue weighted by molar-refractivity contribution is 7.21. The van der Waals surface area contributed by atoms with Crippen LogP contribution in [0.5, 0.6) is 0 Å². The second-order valence-electron chi connectivity index (χ2n) is 5.50. The molecule has 0 aliphatic heterocycles. The molecule has 0 atom stereocenters. The van der Waals surface area contributed by atoms with Crippen LogP contribution < -0.4 is 11.1 Å². The van der Waals surface area contributed by atoms with Gasteiger partial charge in [-0.2, -0.15) is 0 Å². The molecule has 3 nitrogen and oxygen atoms in total. The molecule has 3 N–H and O–H groups in total. The second kappa shape index (κ2) is 4.28. The van der Waals surface area contributed by atoms with Gasteiger partial charge in [-0.05, 0) is 33.3 Å². The minimum atomic E-state index is -0.255. The minimum absolute atomic E-state index is 0.0967. The van der Waals surface area contributed by atoms with E-state index in [2.05, 4.69) is 5.32 Å². The lowest BCUT2D eigenvalue weighted by Crippen LogP contribution is -2.40. The topological polar surface area (TPSA) is 55.1 Å². The predicted octanol–water partition coefficient (Wildman–Crippen LogP) is 3.32. The van der Waals surface area contributed by atoms with Crippen LogP contribution in [0.3, 0.4) is 0 Å². The van der Waals surface area contributed by atoms with Crippen LogP contribution in [-0.2, 0) is 0 Å². The maximum Gasteiger partial charge on any atom is 0.263 e. The van der Waals surface area contributed by atoms with Crippen molar-refractivity contribution in [2.75, 3.05) is 5.73 Å². The lowest BCUT2D eigenvalue weighted by molar-refractivity contribution is 0.0924. The van der Waals surface area contributed by atoms with E-state index in [1.807, 2.05) is 45.9 Å². The summed E-state index contributed by atoms with van der Waals surface area (Å²) in [7, 11) is 0. The number of anilines is 1. The Morgan fingerprint density at radius 3 is 2.56 bits per heavy atom. The highest BCUT2D eigenvalue weighted by atomic mass is 32.1. The van der Waals surface area contributed by atoms with Gasteiger partial charge in [0, 0.05) is 15.6 Å². The van der Waals surface area contributed by atoms with Crippen LogP contribution in [0.15, 0.2) is 18.2 Å². The lowest BCUT2D eigenvalue weighted by Gasteiger charge is -2.20. The van der Waals surface area contributed by atoms with Gasteiger partial charge in [0.2, 0.25) is 0 Å². The standard InChI is InChI=1S/C14H18N2OS/c1-8-6-5-7-9-10(15)12(18-11(8)9)13(17)16-14(2,3)4/h5-7H,15H2,1-4H3,(H,16,17). The normalized spacial score (nSPS) is 11.8. The molecular weight excluding hydrogens is 244 g/mol. The van der Waals surface area contributed by atoms with Gasteiger partial charge in [-0.3, -0.25) is 4.79 Å². The summed E-state index contributed by atoms with van der Waals surface area (Å²) in [6.45, 7) is 7.91. The Balaban J connectivity index is 2.50. The minimum Gasteiger partial charge on any atom is -0.397 e. The molecule has 96 valence electrons. The Morgan fingerprint density at radius 2 is 2.00 bits per heavy atom. The SMILES string of the molecule is Cc1cccc2c(N)c(C(=O)NC(C)(C)C)sc12. The molecule has 0 spiro atoms. The molecule has 18 heavy (non-hydrogen) atoms. The first-order valence-corrected chi connectivity index (χ1v) is 6.71. The molecule has 0 aliphatic carbocycles. The van der Waals surface area contributed by atoms with Gasteiger partial charge in [0.1, 0.15) is 4.88 Å². The monoisotopic (exact) mass is 262 g/mol. The van der Waals surface area contributed by atoms with Crippen molar-refractivity contribution in [2.24, 2.45) is 0 Å². The number of thiophene rings is 1. The number of amides is 1. The quantitative estimate of drug-likeness (QED) is 0.828. The van der Waals surface area contributed by atoms with Crippen LogP contribution in [0.1, 0.15) is 36.0 Å². The van der Waals surface area contributed by atoms with Crippen LogP contribution >= 0.6 is 11.3 Å². The number of carbonyl (C=O) groups excluding carboxylic acids is 1. The van der Waals surface area contributed by atoms with Crippen molar-refractivity contribution in [3.05, 3.63) is 28.6 Å². The number of nitrogen functional groups attached to an aromatic ring is 1. The Labute approximate surface area is 111 Å². The molecule has 4 heteroatoms. The number of benzene rings is 1. The maximum atomic E-state index is 12.2. The number of aryl methyl sites for hydroxylation is 1. The summed E-state index contributed by atoms with van der Waals surface area (Å²) in [6.07, 6.45) is 0. The van der Waals surface area contributed by atoms with Gasteiger partial charge in [-0.15, -0.1) is 11.3 Å². The summed E-state index contributed by atoms with van der Waals surface area (Å²) >= 11 is 1.46. The zero-order valence-corrected chi connectivity index (χ0v) is 11.9. The van der Waals surface area contributed by atoms with E-state index >= 15 is 0 Å². The molecular formula is C14H18N2OS. The van der Waals surface area contributed by atoms with Crippen molar-refractivity contribution in [3.63, 3.8) is 0 Å². The first kappa shape index (κ1) is 12.9. The number of carbonyl (C=O) groups is 1. The zero-order valence-electron chi connectivity index (χ0n) is 11.1. The molecule has 1 aromatic heterocycles. The van der Waals surface area contributed by atoms with Crippen molar-refractivity contribution in [2.45, 2.75) is 33.2 Å². The van der Waals surface area contributed by atoms with Gasteiger partial charge < -0.3 is 11.1 Å². The summed E-state index contributed by atoms with van der Waals surface area (Å²) in [5, 5.41) is 3.92. The fourth-order valence-electron chi connectivity index (χ4n) is 1.85. The highest BCUT2D eigenvalue weighted by Gasteiger charge is 2.21. The third kappa shape index (κ3) is 2.34. The van der Waals surface area contributed by atoms with Crippen molar-refractivity contribution in [3.8, 4) is 0 Å². The van der Waals surface area contributed by atoms with Gasteiger partial charge in [-0.25, -0.2) is 0 Å². The molecule has 0 bridgehead atoms. The van der Waals surface area contributed by atoms with Gasteiger partial charge in [0.05, 0.1) is 5.69 Å². The molecule has 0 saturated carbocycles. The number of hydrogen-bond acceptors (Lipinski definition) is 3. The highest BCUT2D eigenvalue weighted by Crippen LogP contribution is 2.35. The van der Waals surface area contributed by atoms with Crippen molar-refractivity contribution in [1.82, 2.24) is 5.32 Å². The first-order chi connectivity index (χ1) is 8.29. The van der Waals surface area contributed by atoms with E-state index in [1.54, 1.807) is 0 Å². The van der Waals surface area contributed by atoms with E-state index in [1.165, 1.54) is 11.3 Å². The molecule has 0 radical (unpaired) electrons. The molecule has 2 rings (SSSR count). The summed E-state index contributed by atoms with van der Waals surface area (Å²) in [4.78, 5) is 12.8. The fourth-order valence-corrected chi connectivity index (χ4v) is 2.93. The van der Waals surface area contributed by atoms with Crippen LogP contribution in [0.25, 0.3) is 10.1 Å². The average Bonchev–Trinajstić information content (AvgIpc) is 2.56. The van der Waals surface area contributed by atoms with Crippen LogP contribution in [-0.4, -0.2) is 11.4 Å². The number of nitrogens with one attached hydrogen (secondary N) is 1. The van der Waals surface area contributed by atoms with Crippen LogP contribution in [0, 0.1) is 6.92 Å². The molecule has 0 unspecified atom stereocenters. The number of nitrogens with two attached hydrogens (primary N) is 1. The molecule has 2 aromatic rings. The van der Waals surface area contributed by atoms with Gasteiger partial charge in [0.25, 0.3) is 5.91 Å². The zero-order chi connectivity index (χ0) is 13.5. The van der Waals surface area contributed by atoms with E-state index < -0.39 is 0 Å². The smallest absolute Gasteiger partial charge is 0.263 e. The van der Waals surface area contributed by atoms with Crippen LogP contribution in [0.4, 0.5) is 5.69 Å². The molecule has 1 heterocycles.